The quantitative estimate of drug-likeness (QED) is 0.807. The molecule has 1 fully saturated rings. The van der Waals surface area contributed by atoms with Crippen LogP contribution < -0.4 is 10.6 Å². The number of nitrogens with one attached hydrogen (secondary N) is 2. The molecule has 3 rings (SSSR count). The van der Waals surface area contributed by atoms with Crippen LogP contribution in [0.25, 0.3) is 0 Å². The van der Waals surface area contributed by atoms with Crippen molar-refractivity contribution in [3.8, 4) is 0 Å². The molecule has 2 aromatic rings. The maximum absolute atomic E-state index is 13.3. The molecule has 0 spiro atoms. The van der Waals surface area contributed by atoms with Crippen molar-refractivity contribution in [2.75, 3.05) is 44.5 Å². The SMILES string of the molecule is COCC(=O)Nc1ccc(NC(=O)C2(c3ccccc3)CCN(C)CC2)cc1. The van der Waals surface area contributed by atoms with Crippen LogP contribution >= 0.6 is 0 Å². The third-order valence-electron chi connectivity index (χ3n) is 5.30. The van der Waals surface area contributed by atoms with Gasteiger partial charge in [0.1, 0.15) is 6.61 Å². The Bertz CT molecular complexity index is 798. The molecule has 6 nitrogen and oxygen atoms in total. The van der Waals surface area contributed by atoms with Gasteiger partial charge in [0.2, 0.25) is 11.8 Å². The van der Waals surface area contributed by atoms with Crippen molar-refractivity contribution >= 4 is 23.2 Å². The molecular formula is C22H27N3O3. The molecule has 148 valence electrons. The first-order valence-corrected chi connectivity index (χ1v) is 9.48. The van der Waals surface area contributed by atoms with Gasteiger partial charge >= 0.3 is 0 Å². The van der Waals surface area contributed by atoms with E-state index in [4.69, 9.17) is 4.74 Å². The molecule has 2 N–H and O–H groups in total. The molecule has 0 unspecified atom stereocenters. The van der Waals surface area contributed by atoms with Gasteiger partial charge in [-0.25, -0.2) is 0 Å². The maximum atomic E-state index is 13.3. The number of anilines is 2. The van der Waals surface area contributed by atoms with Gasteiger partial charge in [-0.05, 0) is 62.8 Å². The number of nitrogens with zero attached hydrogens (tertiary/aromatic N) is 1. The first kappa shape index (κ1) is 20.0. The van der Waals surface area contributed by atoms with Gasteiger partial charge in [0.15, 0.2) is 0 Å². The number of carbonyl (C=O) groups is 2. The van der Waals surface area contributed by atoms with E-state index in [2.05, 4.69) is 22.6 Å². The number of hydrogen-bond acceptors (Lipinski definition) is 4. The minimum absolute atomic E-state index is 0.00648. The van der Waals surface area contributed by atoms with Gasteiger partial charge < -0.3 is 20.3 Å². The van der Waals surface area contributed by atoms with Crippen LogP contribution in [-0.2, 0) is 19.7 Å². The Kier molecular flexibility index (Phi) is 6.44. The van der Waals surface area contributed by atoms with E-state index in [0.717, 1.165) is 31.5 Å². The number of likely N-dealkylation sites (tertiary alicyclic amines) is 1. The largest absolute Gasteiger partial charge is 0.375 e. The van der Waals surface area contributed by atoms with Crippen LogP contribution in [0, 0.1) is 0 Å². The molecule has 1 aliphatic rings. The predicted octanol–water partition coefficient (Wildman–Crippen LogP) is 2.87. The number of methoxy groups -OCH3 is 1. The number of carbonyl (C=O) groups excluding carboxylic acids is 2. The Labute approximate surface area is 165 Å². The van der Waals surface area contributed by atoms with Crippen molar-refractivity contribution in [2.24, 2.45) is 0 Å². The molecule has 0 aliphatic carbocycles. The molecule has 1 heterocycles. The lowest BCUT2D eigenvalue weighted by molar-refractivity contribution is -0.123. The van der Waals surface area contributed by atoms with Crippen LogP contribution in [0.2, 0.25) is 0 Å². The van der Waals surface area contributed by atoms with E-state index >= 15 is 0 Å². The van der Waals surface area contributed by atoms with Crippen molar-refractivity contribution in [2.45, 2.75) is 18.3 Å². The average Bonchev–Trinajstić information content (AvgIpc) is 2.71. The fourth-order valence-corrected chi connectivity index (χ4v) is 3.62. The summed E-state index contributed by atoms with van der Waals surface area (Å²) >= 11 is 0. The summed E-state index contributed by atoms with van der Waals surface area (Å²) < 4.78 is 4.81. The molecule has 2 amide bonds. The van der Waals surface area contributed by atoms with Gasteiger partial charge in [-0.1, -0.05) is 30.3 Å². The summed E-state index contributed by atoms with van der Waals surface area (Å²) in [4.78, 5) is 27.2. The number of rotatable bonds is 6. The molecular weight excluding hydrogens is 354 g/mol. The van der Waals surface area contributed by atoms with Gasteiger partial charge in [0.05, 0.1) is 5.41 Å². The Morgan fingerprint density at radius 2 is 1.54 bits per heavy atom. The normalized spacial score (nSPS) is 16.4. The molecule has 0 radical (unpaired) electrons. The summed E-state index contributed by atoms with van der Waals surface area (Å²) in [5, 5.41) is 5.82. The third kappa shape index (κ3) is 4.58. The zero-order chi connectivity index (χ0) is 20.0. The molecule has 6 heteroatoms. The smallest absolute Gasteiger partial charge is 0.250 e. The van der Waals surface area contributed by atoms with Crippen LogP contribution in [0.1, 0.15) is 18.4 Å². The van der Waals surface area contributed by atoms with Crippen molar-refractivity contribution in [3.63, 3.8) is 0 Å². The summed E-state index contributed by atoms with van der Waals surface area (Å²) in [6.07, 6.45) is 1.56. The van der Waals surface area contributed by atoms with Crippen molar-refractivity contribution in [1.29, 1.82) is 0 Å². The van der Waals surface area contributed by atoms with Gasteiger partial charge in [-0.3, -0.25) is 9.59 Å². The highest BCUT2D eigenvalue weighted by Crippen LogP contribution is 2.36. The van der Waals surface area contributed by atoms with E-state index in [1.54, 1.807) is 24.3 Å². The van der Waals surface area contributed by atoms with E-state index in [-0.39, 0.29) is 18.4 Å². The number of amides is 2. The standard InChI is InChI=1S/C22H27N3O3/c1-25-14-12-22(13-15-25,17-6-4-3-5-7-17)21(27)24-19-10-8-18(9-11-19)23-20(26)16-28-2/h3-11H,12-16H2,1-2H3,(H,23,26)(H,24,27). The number of benzene rings is 2. The summed E-state index contributed by atoms with van der Waals surface area (Å²) in [6, 6.07) is 17.2. The minimum Gasteiger partial charge on any atom is -0.375 e. The second kappa shape index (κ2) is 8.99. The molecule has 0 bridgehead atoms. The lowest BCUT2D eigenvalue weighted by Crippen LogP contribution is -2.48. The number of hydrogen-bond donors (Lipinski definition) is 2. The Hall–Kier alpha value is -2.70. The van der Waals surface area contributed by atoms with Crippen LogP contribution in [0.4, 0.5) is 11.4 Å². The van der Waals surface area contributed by atoms with Gasteiger partial charge in [-0.2, -0.15) is 0 Å². The lowest BCUT2D eigenvalue weighted by atomic mass is 9.72. The van der Waals surface area contributed by atoms with Gasteiger partial charge in [0.25, 0.3) is 0 Å². The monoisotopic (exact) mass is 381 g/mol. The first-order valence-electron chi connectivity index (χ1n) is 9.48. The second-order valence-corrected chi connectivity index (χ2v) is 7.26. The molecule has 28 heavy (non-hydrogen) atoms. The minimum atomic E-state index is -0.529. The van der Waals surface area contributed by atoms with E-state index < -0.39 is 5.41 Å². The molecule has 0 saturated carbocycles. The first-order chi connectivity index (χ1) is 13.5. The van der Waals surface area contributed by atoms with E-state index in [0.29, 0.717) is 11.4 Å². The number of ether oxygens (including phenoxy) is 1. The lowest BCUT2D eigenvalue weighted by Gasteiger charge is -2.39. The summed E-state index contributed by atoms with van der Waals surface area (Å²) in [5.41, 5.74) is 1.91. The Morgan fingerprint density at radius 3 is 2.11 bits per heavy atom. The zero-order valence-corrected chi connectivity index (χ0v) is 16.4. The molecule has 2 aromatic carbocycles. The predicted molar refractivity (Wildman–Crippen MR) is 110 cm³/mol. The molecule has 0 atom stereocenters. The zero-order valence-electron chi connectivity index (χ0n) is 16.4. The van der Waals surface area contributed by atoms with Crippen molar-refractivity contribution in [1.82, 2.24) is 4.90 Å². The number of piperidine rings is 1. The van der Waals surface area contributed by atoms with Gasteiger partial charge in [-0.15, -0.1) is 0 Å². The third-order valence-corrected chi connectivity index (χ3v) is 5.30. The fourth-order valence-electron chi connectivity index (χ4n) is 3.62. The average molecular weight is 381 g/mol. The second-order valence-electron chi connectivity index (χ2n) is 7.26. The van der Waals surface area contributed by atoms with Crippen LogP contribution in [-0.4, -0.2) is 50.6 Å². The fraction of sp³-hybridized carbons (Fsp3) is 0.364. The summed E-state index contributed by atoms with van der Waals surface area (Å²) in [5.74, 6) is -0.198. The Balaban J connectivity index is 1.74. The highest BCUT2D eigenvalue weighted by molar-refractivity contribution is 5.99. The van der Waals surface area contributed by atoms with Crippen LogP contribution in [0.5, 0.6) is 0 Å². The van der Waals surface area contributed by atoms with Crippen LogP contribution in [0.15, 0.2) is 54.6 Å². The summed E-state index contributed by atoms with van der Waals surface area (Å²) in [6.45, 7) is 1.77. The van der Waals surface area contributed by atoms with E-state index in [9.17, 15) is 9.59 Å². The Morgan fingerprint density at radius 1 is 0.964 bits per heavy atom. The topological polar surface area (TPSA) is 70.7 Å². The maximum Gasteiger partial charge on any atom is 0.250 e. The van der Waals surface area contributed by atoms with E-state index in [1.165, 1.54) is 7.11 Å². The van der Waals surface area contributed by atoms with Crippen LogP contribution in [0.3, 0.4) is 0 Å². The highest BCUT2D eigenvalue weighted by atomic mass is 16.5. The van der Waals surface area contributed by atoms with Crippen molar-refractivity contribution in [3.05, 3.63) is 60.2 Å². The van der Waals surface area contributed by atoms with Gasteiger partial charge in [0, 0.05) is 18.5 Å². The highest BCUT2D eigenvalue weighted by Gasteiger charge is 2.42. The molecule has 1 aliphatic heterocycles. The molecule has 0 aromatic heterocycles. The van der Waals surface area contributed by atoms with E-state index in [1.807, 2.05) is 30.3 Å². The summed E-state index contributed by atoms with van der Waals surface area (Å²) in [7, 11) is 3.56. The molecule has 1 saturated heterocycles. The van der Waals surface area contributed by atoms with Crippen molar-refractivity contribution < 1.29 is 14.3 Å².